The van der Waals surface area contributed by atoms with Crippen LogP contribution < -0.4 is 20.6 Å². The molecule has 41 heavy (non-hydrogen) atoms. The zero-order valence-electron chi connectivity index (χ0n) is 25.0. The molecule has 0 bridgehead atoms. The van der Waals surface area contributed by atoms with E-state index in [2.05, 4.69) is 105 Å². The molecule has 5 nitrogen and oxygen atoms in total. The Bertz CT molecular complexity index is 1620. The van der Waals surface area contributed by atoms with Gasteiger partial charge in [-0.3, -0.25) is 10.3 Å². The van der Waals surface area contributed by atoms with E-state index in [1.54, 1.807) is 5.57 Å². The van der Waals surface area contributed by atoms with Crippen molar-refractivity contribution in [1.82, 2.24) is 5.32 Å². The molecule has 0 fully saturated rings. The summed E-state index contributed by atoms with van der Waals surface area (Å²) in [6, 6.07) is 22.1. The zero-order chi connectivity index (χ0) is 28.3. The van der Waals surface area contributed by atoms with Crippen LogP contribution in [-0.4, -0.2) is 24.5 Å². The minimum atomic E-state index is 0.435. The lowest BCUT2D eigenvalue weighted by Crippen LogP contribution is -2.30. The van der Waals surface area contributed by atoms with Crippen molar-refractivity contribution in [3.8, 4) is 16.9 Å². The van der Waals surface area contributed by atoms with Crippen molar-refractivity contribution in [3.63, 3.8) is 0 Å². The molecule has 212 valence electrons. The van der Waals surface area contributed by atoms with Gasteiger partial charge in [-0.05, 0) is 96.7 Å². The molecule has 0 radical (unpaired) electrons. The SMILES string of the molecule is CCNC[N+]1=Nc2ccc(-c3ccc4c(c3)CC(C)C(CC3=c5ccccc5=NC(CC)=CC3CC)CCO4)cc21. The fourth-order valence-corrected chi connectivity index (χ4v) is 6.62. The monoisotopic (exact) mass is 547 g/mol. The maximum absolute atomic E-state index is 6.41. The average Bonchev–Trinajstić information content (AvgIpc) is 3.13. The summed E-state index contributed by atoms with van der Waals surface area (Å²) in [6.07, 6.45) is 7.69. The Hall–Kier alpha value is -3.57. The van der Waals surface area contributed by atoms with Gasteiger partial charge < -0.3 is 4.74 Å². The molecule has 3 aromatic rings. The molecule has 0 spiro atoms. The fraction of sp³-hybridized carbons (Fsp3) is 0.417. The van der Waals surface area contributed by atoms with E-state index in [1.165, 1.54) is 33.3 Å². The van der Waals surface area contributed by atoms with E-state index in [1.807, 2.05) is 4.70 Å². The lowest BCUT2D eigenvalue weighted by atomic mass is 9.77. The van der Waals surface area contributed by atoms with Crippen LogP contribution in [0.4, 0.5) is 11.4 Å². The first-order chi connectivity index (χ1) is 20.1. The van der Waals surface area contributed by atoms with E-state index in [9.17, 15) is 0 Å². The van der Waals surface area contributed by atoms with E-state index in [4.69, 9.17) is 9.73 Å². The van der Waals surface area contributed by atoms with Gasteiger partial charge in [-0.2, -0.15) is 0 Å². The topological polar surface area (TPSA) is 49.0 Å². The predicted molar refractivity (Wildman–Crippen MR) is 166 cm³/mol. The minimum absolute atomic E-state index is 0.435. The maximum atomic E-state index is 6.41. The molecule has 3 unspecified atom stereocenters. The van der Waals surface area contributed by atoms with Crippen molar-refractivity contribution < 1.29 is 9.43 Å². The molecule has 3 aromatic carbocycles. The Labute approximate surface area is 244 Å². The van der Waals surface area contributed by atoms with Crippen LogP contribution in [0.15, 0.2) is 82.5 Å². The summed E-state index contributed by atoms with van der Waals surface area (Å²) >= 11 is 0. The van der Waals surface area contributed by atoms with Crippen LogP contribution in [0.1, 0.15) is 58.9 Å². The zero-order valence-corrected chi connectivity index (χ0v) is 25.0. The summed E-state index contributed by atoms with van der Waals surface area (Å²) in [5.41, 5.74) is 8.81. The maximum Gasteiger partial charge on any atom is 0.265 e. The molecule has 0 saturated heterocycles. The Balaban J connectivity index is 1.27. The summed E-state index contributed by atoms with van der Waals surface area (Å²) in [6.45, 7) is 11.5. The van der Waals surface area contributed by atoms with Crippen LogP contribution in [0.5, 0.6) is 5.75 Å². The number of benzene rings is 3. The molecule has 3 heterocycles. The number of rotatable bonds is 8. The van der Waals surface area contributed by atoms with Crippen molar-refractivity contribution in [2.75, 3.05) is 19.8 Å². The highest BCUT2D eigenvalue weighted by Gasteiger charge is 2.29. The summed E-state index contributed by atoms with van der Waals surface area (Å²) in [5, 5.41) is 10.4. The van der Waals surface area contributed by atoms with Gasteiger partial charge in [0.15, 0.2) is 0 Å². The summed E-state index contributed by atoms with van der Waals surface area (Å²) in [7, 11) is 0. The lowest BCUT2D eigenvalue weighted by Gasteiger charge is -2.30. The predicted octanol–water partition coefficient (Wildman–Crippen LogP) is 7.43. The largest absolute Gasteiger partial charge is 0.493 e. The van der Waals surface area contributed by atoms with E-state index in [-0.39, 0.29) is 0 Å². The molecular weight excluding hydrogens is 504 g/mol. The van der Waals surface area contributed by atoms with Crippen LogP contribution in [0, 0.1) is 17.8 Å². The third-order valence-electron chi connectivity index (χ3n) is 9.12. The Morgan fingerprint density at radius 1 is 1.00 bits per heavy atom. The van der Waals surface area contributed by atoms with E-state index in [0.717, 1.165) is 68.7 Å². The molecular formula is C36H43N4O+. The summed E-state index contributed by atoms with van der Waals surface area (Å²) in [4.78, 5) is 5.06. The number of hydrogen-bond acceptors (Lipinski definition) is 4. The second-order valence-corrected chi connectivity index (χ2v) is 11.8. The standard InChI is InChI=1S/C36H43N4O/c1-5-25-20-30(6-2)38-33-11-9-8-10-31(33)32(25)21-26-16-17-41-36-15-13-27(19-29(36)18-24(26)4)28-12-14-34-35(22-28)40(39-34)23-37-7-3/h8-15,19-20,22,24-26,37H,5-7,16-18,21,23H2,1-4H3/q+1. The van der Waals surface area contributed by atoms with Gasteiger partial charge in [-0.25, -0.2) is 0 Å². The summed E-state index contributed by atoms with van der Waals surface area (Å²) < 4.78 is 8.46. The smallest absolute Gasteiger partial charge is 0.265 e. The van der Waals surface area contributed by atoms with E-state index in [0.29, 0.717) is 17.8 Å². The highest BCUT2D eigenvalue weighted by atomic mass is 16.5. The fourth-order valence-electron chi connectivity index (χ4n) is 6.62. The van der Waals surface area contributed by atoms with Crippen molar-refractivity contribution in [2.24, 2.45) is 27.9 Å². The molecule has 3 atom stereocenters. The molecule has 1 N–H and O–H groups in total. The second kappa shape index (κ2) is 12.1. The van der Waals surface area contributed by atoms with Crippen LogP contribution in [0.3, 0.4) is 0 Å². The first-order valence-corrected chi connectivity index (χ1v) is 15.6. The highest BCUT2D eigenvalue weighted by molar-refractivity contribution is 5.74. The molecule has 6 rings (SSSR count). The number of allylic oxidation sites excluding steroid dienone is 2. The normalized spacial score (nSPS) is 21.4. The quantitative estimate of drug-likeness (QED) is 0.298. The highest BCUT2D eigenvalue weighted by Crippen LogP contribution is 2.41. The van der Waals surface area contributed by atoms with Gasteiger partial charge in [0.1, 0.15) is 5.75 Å². The summed E-state index contributed by atoms with van der Waals surface area (Å²) in [5.74, 6) is 2.58. The molecule has 0 saturated carbocycles. The second-order valence-electron chi connectivity index (χ2n) is 11.8. The van der Waals surface area contributed by atoms with Crippen LogP contribution in [-0.2, 0) is 6.42 Å². The van der Waals surface area contributed by atoms with Crippen molar-refractivity contribution >= 4 is 16.9 Å². The molecule has 0 aromatic heterocycles. The molecule has 5 heteroatoms. The van der Waals surface area contributed by atoms with Crippen molar-refractivity contribution in [1.29, 1.82) is 0 Å². The Kier molecular flexibility index (Phi) is 8.16. The number of ether oxygens (including phenoxy) is 1. The average molecular weight is 548 g/mol. The number of para-hydroxylation sites is 1. The number of nitrogens with zero attached hydrogens (tertiary/aromatic N) is 3. The third-order valence-corrected chi connectivity index (χ3v) is 9.12. The van der Waals surface area contributed by atoms with Gasteiger partial charge in [-0.1, -0.05) is 74.4 Å². The minimum Gasteiger partial charge on any atom is -0.493 e. The van der Waals surface area contributed by atoms with E-state index < -0.39 is 0 Å². The molecule has 0 amide bonds. The molecule has 3 aliphatic heterocycles. The van der Waals surface area contributed by atoms with Gasteiger partial charge in [-0.15, -0.1) is 0 Å². The molecule has 0 aliphatic carbocycles. The van der Waals surface area contributed by atoms with Crippen molar-refractivity contribution in [2.45, 2.75) is 59.8 Å². The van der Waals surface area contributed by atoms with Gasteiger partial charge in [0.05, 0.1) is 12.0 Å². The van der Waals surface area contributed by atoms with E-state index >= 15 is 0 Å². The van der Waals surface area contributed by atoms with Gasteiger partial charge in [0, 0.05) is 22.8 Å². The number of hydrogen-bond donors (Lipinski definition) is 1. The molecule has 3 aliphatic rings. The van der Waals surface area contributed by atoms with Crippen molar-refractivity contribution in [3.05, 3.63) is 88.6 Å². The lowest BCUT2D eigenvalue weighted by molar-refractivity contribution is -0.530. The number of azo groups is 2. The first-order valence-electron chi connectivity index (χ1n) is 15.6. The van der Waals surface area contributed by atoms with Crippen LogP contribution in [0.25, 0.3) is 16.7 Å². The Morgan fingerprint density at radius 2 is 1.83 bits per heavy atom. The number of fused-ring (bicyclic) bond motifs is 3. The third kappa shape index (κ3) is 5.65. The van der Waals surface area contributed by atoms with Gasteiger partial charge >= 0.3 is 0 Å². The van der Waals surface area contributed by atoms with Gasteiger partial charge in [0.25, 0.3) is 5.69 Å². The van der Waals surface area contributed by atoms with Crippen LogP contribution in [0.2, 0.25) is 0 Å². The van der Waals surface area contributed by atoms with Gasteiger partial charge in [0.2, 0.25) is 12.4 Å². The van der Waals surface area contributed by atoms with Crippen LogP contribution >= 0.6 is 0 Å². The first kappa shape index (κ1) is 27.6. The number of nitrogens with one attached hydrogen (secondary N) is 1. The Morgan fingerprint density at radius 3 is 2.66 bits per heavy atom.